The lowest BCUT2D eigenvalue weighted by molar-refractivity contribution is 0.609. The summed E-state index contributed by atoms with van der Waals surface area (Å²) < 4.78 is 15.5. The van der Waals surface area contributed by atoms with Gasteiger partial charge in [-0.05, 0) is 31.5 Å². The van der Waals surface area contributed by atoms with Crippen LogP contribution in [0.1, 0.15) is 18.1 Å². The van der Waals surface area contributed by atoms with Crippen molar-refractivity contribution in [1.29, 1.82) is 0 Å². The smallest absolute Gasteiger partial charge is 0.149 e. The van der Waals surface area contributed by atoms with E-state index in [1.54, 1.807) is 29.2 Å². The topological polar surface area (TPSA) is 17.8 Å². The molecule has 0 radical (unpaired) electrons. The molecule has 0 saturated carbocycles. The zero-order chi connectivity index (χ0) is 13.1. The number of hydrogen-bond donors (Lipinski definition) is 0. The molecule has 0 fully saturated rings. The Bertz CT molecular complexity index is 595. The monoisotopic (exact) mass is 242 g/mol. The molecule has 2 nitrogen and oxygen atoms in total. The van der Waals surface area contributed by atoms with E-state index in [4.69, 9.17) is 0 Å². The summed E-state index contributed by atoms with van der Waals surface area (Å²) >= 11 is 0. The maximum absolute atomic E-state index is 14.0. The van der Waals surface area contributed by atoms with Crippen molar-refractivity contribution in [3.05, 3.63) is 65.8 Å². The number of aryl methyl sites for hydroxylation is 1. The summed E-state index contributed by atoms with van der Waals surface area (Å²) in [6.07, 6.45) is 7.11. The number of hydrogen-bond acceptors (Lipinski definition) is 1. The minimum atomic E-state index is -0.286. The molecule has 1 aromatic carbocycles. The molecule has 18 heavy (non-hydrogen) atoms. The Morgan fingerprint density at radius 3 is 2.83 bits per heavy atom. The molecule has 2 rings (SSSR count). The van der Waals surface area contributed by atoms with E-state index >= 15 is 0 Å². The van der Waals surface area contributed by atoms with Crippen molar-refractivity contribution in [1.82, 2.24) is 9.78 Å². The van der Waals surface area contributed by atoms with Crippen molar-refractivity contribution in [2.24, 2.45) is 0 Å². The van der Waals surface area contributed by atoms with Gasteiger partial charge in [0.15, 0.2) is 0 Å². The summed E-state index contributed by atoms with van der Waals surface area (Å²) in [7, 11) is 0. The normalized spacial score (nSPS) is 11.1. The Morgan fingerprint density at radius 2 is 2.22 bits per heavy atom. The maximum atomic E-state index is 14.0. The van der Waals surface area contributed by atoms with Gasteiger partial charge < -0.3 is 0 Å². The summed E-state index contributed by atoms with van der Waals surface area (Å²) in [5.41, 5.74) is 3.21. The van der Waals surface area contributed by atoms with E-state index in [0.717, 1.165) is 16.7 Å². The summed E-state index contributed by atoms with van der Waals surface area (Å²) in [5.74, 6) is -0.286. The molecule has 0 spiro atoms. The first-order valence-corrected chi connectivity index (χ1v) is 5.72. The van der Waals surface area contributed by atoms with E-state index in [1.165, 1.54) is 6.07 Å². The molecule has 0 aliphatic heterocycles. The molecule has 1 aromatic heterocycles. The van der Waals surface area contributed by atoms with Gasteiger partial charge in [0.2, 0.25) is 0 Å². The molecule has 0 saturated heterocycles. The molecule has 3 heteroatoms. The fourth-order valence-corrected chi connectivity index (χ4v) is 1.75. The second kappa shape index (κ2) is 5.00. The van der Waals surface area contributed by atoms with Crippen molar-refractivity contribution >= 4 is 6.08 Å². The molecule has 0 aliphatic rings. The number of rotatable bonds is 3. The number of halogens is 1. The zero-order valence-corrected chi connectivity index (χ0v) is 10.5. The molecule has 2 aromatic rings. The minimum absolute atomic E-state index is 0.286. The minimum Gasteiger partial charge on any atom is -0.237 e. The van der Waals surface area contributed by atoms with Gasteiger partial charge in [0.05, 0.1) is 0 Å². The summed E-state index contributed by atoms with van der Waals surface area (Å²) in [6.45, 7) is 7.66. The van der Waals surface area contributed by atoms with Gasteiger partial charge in [-0.25, -0.2) is 9.07 Å². The Labute approximate surface area is 106 Å². The Hall–Kier alpha value is -2.16. The highest BCUT2D eigenvalue weighted by Crippen LogP contribution is 2.23. The highest BCUT2D eigenvalue weighted by Gasteiger charge is 2.11. The van der Waals surface area contributed by atoms with Gasteiger partial charge in [-0.2, -0.15) is 5.10 Å². The maximum Gasteiger partial charge on any atom is 0.149 e. The zero-order valence-electron chi connectivity index (χ0n) is 10.5. The first-order chi connectivity index (χ1) is 8.59. The fourth-order valence-electron chi connectivity index (χ4n) is 1.75. The van der Waals surface area contributed by atoms with E-state index in [2.05, 4.69) is 11.7 Å². The van der Waals surface area contributed by atoms with Crippen molar-refractivity contribution in [3.8, 4) is 5.69 Å². The molecule has 0 amide bonds. The van der Waals surface area contributed by atoms with E-state index in [-0.39, 0.29) is 5.82 Å². The molecule has 92 valence electrons. The molecular weight excluding hydrogens is 227 g/mol. The van der Waals surface area contributed by atoms with Crippen LogP contribution < -0.4 is 0 Å². The van der Waals surface area contributed by atoms with Crippen molar-refractivity contribution in [3.63, 3.8) is 0 Å². The third kappa shape index (κ3) is 2.40. The average Bonchev–Trinajstić information content (AvgIpc) is 2.83. The third-order valence-corrected chi connectivity index (χ3v) is 2.65. The van der Waals surface area contributed by atoms with Crippen LogP contribution in [-0.2, 0) is 0 Å². The SMILES string of the molecule is C=C(C)/C=C\c1c(C)ccc(F)c1-n1cccn1. The number of aromatic nitrogens is 2. The number of benzene rings is 1. The van der Waals surface area contributed by atoms with Gasteiger partial charge in [0, 0.05) is 18.0 Å². The van der Waals surface area contributed by atoms with Gasteiger partial charge >= 0.3 is 0 Å². The van der Waals surface area contributed by atoms with Crippen LogP contribution in [0.5, 0.6) is 0 Å². The van der Waals surface area contributed by atoms with Crippen LogP contribution in [0.3, 0.4) is 0 Å². The van der Waals surface area contributed by atoms with Crippen LogP contribution in [0.2, 0.25) is 0 Å². The van der Waals surface area contributed by atoms with Crippen LogP contribution in [0.25, 0.3) is 11.8 Å². The molecule has 0 N–H and O–H groups in total. The predicted molar refractivity (Wildman–Crippen MR) is 72.1 cm³/mol. The largest absolute Gasteiger partial charge is 0.237 e. The molecule has 0 atom stereocenters. The first kappa shape index (κ1) is 12.3. The van der Waals surface area contributed by atoms with Crippen LogP contribution in [0.15, 0.2) is 48.8 Å². The average molecular weight is 242 g/mol. The van der Waals surface area contributed by atoms with Crippen LogP contribution >= 0.6 is 0 Å². The second-order valence-corrected chi connectivity index (χ2v) is 4.26. The number of allylic oxidation sites excluding steroid dienone is 2. The first-order valence-electron chi connectivity index (χ1n) is 5.72. The summed E-state index contributed by atoms with van der Waals surface area (Å²) in [5, 5.41) is 4.10. The molecule has 0 aliphatic carbocycles. The fraction of sp³-hybridized carbons (Fsp3) is 0.133. The predicted octanol–water partition coefficient (Wildman–Crippen LogP) is 3.91. The highest BCUT2D eigenvalue weighted by molar-refractivity contribution is 5.65. The Kier molecular flexibility index (Phi) is 3.42. The second-order valence-electron chi connectivity index (χ2n) is 4.26. The van der Waals surface area contributed by atoms with Crippen molar-refractivity contribution in [2.45, 2.75) is 13.8 Å². The van der Waals surface area contributed by atoms with Crippen LogP contribution in [0.4, 0.5) is 4.39 Å². The summed E-state index contributed by atoms with van der Waals surface area (Å²) in [6, 6.07) is 5.00. The molecule has 0 unspecified atom stereocenters. The number of nitrogens with zero attached hydrogens (tertiary/aromatic N) is 2. The van der Waals surface area contributed by atoms with E-state index in [0.29, 0.717) is 5.69 Å². The van der Waals surface area contributed by atoms with Crippen LogP contribution in [0, 0.1) is 12.7 Å². The highest BCUT2D eigenvalue weighted by atomic mass is 19.1. The van der Waals surface area contributed by atoms with Gasteiger partial charge in [-0.15, -0.1) is 0 Å². The van der Waals surface area contributed by atoms with Gasteiger partial charge in [0.1, 0.15) is 11.5 Å². The van der Waals surface area contributed by atoms with Crippen molar-refractivity contribution in [2.75, 3.05) is 0 Å². The Morgan fingerprint density at radius 1 is 1.44 bits per heavy atom. The van der Waals surface area contributed by atoms with E-state index in [9.17, 15) is 4.39 Å². The Balaban J connectivity index is 2.63. The van der Waals surface area contributed by atoms with Gasteiger partial charge in [0.25, 0.3) is 0 Å². The lowest BCUT2D eigenvalue weighted by atomic mass is 10.0. The molecular formula is C15H15FN2. The van der Waals surface area contributed by atoms with Crippen molar-refractivity contribution < 1.29 is 4.39 Å². The standard InChI is InChI=1S/C15H15FN2/c1-11(2)5-7-13-12(3)6-8-14(16)15(13)18-10-4-9-17-18/h4-10H,1H2,2-3H3/b7-5-. The quantitative estimate of drug-likeness (QED) is 0.746. The molecule has 0 bridgehead atoms. The third-order valence-electron chi connectivity index (χ3n) is 2.65. The van der Waals surface area contributed by atoms with Gasteiger partial charge in [-0.3, -0.25) is 0 Å². The molecule has 1 heterocycles. The lowest BCUT2D eigenvalue weighted by Crippen LogP contribution is -2.02. The van der Waals surface area contributed by atoms with Crippen LogP contribution in [-0.4, -0.2) is 9.78 Å². The van der Waals surface area contributed by atoms with Gasteiger partial charge in [-0.1, -0.05) is 30.4 Å². The van der Waals surface area contributed by atoms with E-state index in [1.807, 2.05) is 26.0 Å². The van der Waals surface area contributed by atoms with E-state index < -0.39 is 0 Å². The lowest BCUT2D eigenvalue weighted by Gasteiger charge is -2.10. The summed E-state index contributed by atoms with van der Waals surface area (Å²) in [4.78, 5) is 0.